The SMILES string of the molecule is Cc1cccc(N2CCN(C(Nc3ncnc4c3ncn4C)C(C)O)CC2)c1C. The lowest BCUT2D eigenvalue weighted by atomic mass is 10.1. The van der Waals surface area contributed by atoms with Gasteiger partial charge in [0.15, 0.2) is 11.5 Å². The Kier molecular flexibility index (Phi) is 5.38. The first-order valence-corrected chi connectivity index (χ1v) is 10.1. The molecule has 1 aliphatic rings. The minimum Gasteiger partial charge on any atom is -0.390 e. The molecule has 1 aromatic carbocycles. The first-order chi connectivity index (χ1) is 14.0. The molecule has 1 fully saturated rings. The molecule has 0 amide bonds. The number of aryl methyl sites for hydroxylation is 2. The lowest BCUT2D eigenvalue weighted by molar-refractivity contribution is 0.0720. The molecule has 1 aliphatic heterocycles. The van der Waals surface area contributed by atoms with Crippen LogP contribution in [0.3, 0.4) is 0 Å². The van der Waals surface area contributed by atoms with E-state index in [2.05, 4.69) is 62.1 Å². The number of aliphatic hydroxyl groups excluding tert-OH is 1. The third kappa shape index (κ3) is 3.77. The number of benzene rings is 1. The summed E-state index contributed by atoms with van der Waals surface area (Å²) in [5.74, 6) is 0.651. The Bertz CT molecular complexity index is 992. The highest BCUT2D eigenvalue weighted by atomic mass is 16.3. The normalized spacial score (nSPS) is 17.5. The highest BCUT2D eigenvalue weighted by Gasteiger charge is 2.28. The van der Waals surface area contributed by atoms with Crippen molar-refractivity contribution < 1.29 is 5.11 Å². The Morgan fingerprint density at radius 1 is 1.07 bits per heavy atom. The summed E-state index contributed by atoms with van der Waals surface area (Å²) in [4.78, 5) is 17.8. The summed E-state index contributed by atoms with van der Waals surface area (Å²) in [5, 5.41) is 13.9. The number of fused-ring (bicyclic) bond motifs is 1. The topological polar surface area (TPSA) is 82.3 Å². The molecule has 2 aromatic heterocycles. The Labute approximate surface area is 171 Å². The molecule has 4 rings (SSSR count). The molecule has 1 saturated heterocycles. The van der Waals surface area contributed by atoms with E-state index < -0.39 is 6.10 Å². The molecule has 2 atom stereocenters. The number of nitrogens with one attached hydrogen (secondary N) is 1. The van der Waals surface area contributed by atoms with Gasteiger partial charge in [-0.1, -0.05) is 12.1 Å². The van der Waals surface area contributed by atoms with E-state index in [4.69, 9.17) is 0 Å². The number of anilines is 2. The summed E-state index contributed by atoms with van der Waals surface area (Å²) in [6, 6.07) is 6.47. The van der Waals surface area contributed by atoms with Crippen LogP contribution in [0.4, 0.5) is 11.5 Å². The van der Waals surface area contributed by atoms with E-state index in [1.54, 1.807) is 6.33 Å². The quantitative estimate of drug-likeness (QED) is 0.683. The van der Waals surface area contributed by atoms with Crippen LogP contribution in [-0.2, 0) is 7.05 Å². The van der Waals surface area contributed by atoms with Gasteiger partial charge in [0.25, 0.3) is 0 Å². The maximum Gasteiger partial charge on any atom is 0.165 e. The summed E-state index contributed by atoms with van der Waals surface area (Å²) in [5.41, 5.74) is 5.44. The number of aliphatic hydroxyl groups is 1. The zero-order valence-electron chi connectivity index (χ0n) is 17.5. The zero-order valence-corrected chi connectivity index (χ0v) is 17.5. The minimum absolute atomic E-state index is 0.240. The molecule has 29 heavy (non-hydrogen) atoms. The molecule has 3 heterocycles. The Balaban J connectivity index is 1.50. The molecular formula is C21H29N7O. The first-order valence-electron chi connectivity index (χ1n) is 10.1. The van der Waals surface area contributed by atoms with Gasteiger partial charge in [0.05, 0.1) is 12.4 Å². The van der Waals surface area contributed by atoms with Crippen molar-refractivity contribution in [1.82, 2.24) is 24.4 Å². The number of rotatable bonds is 5. The predicted molar refractivity (Wildman–Crippen MR) is 115 cm³/mol. The van der Waals surface area contributed by atoms with Crippen molar-refractivity contribution in [3.05, 3.63) is 42.0 Å². The van der Waals surface area contributed by atoms with E-state index in [1.807, 2.05) is 18.5 Å². The van der Waals surface area contributed by atoms with Crippen LogP contribution in [0.25, 0.3) is 11.2 Å². The van der Waals surface area contributed by atoms with E-state index in [1.165, 1.54) is 23.1 Å². The van der Waals surface area contributed by atoms with Gasteiger partial charge in [-0.15, -0.1) is 0 Å². The van der Waals surface area contributed by atoms with Gasteiger partial charge >= 0.3 is 0 Å². The van der Waals surface area contributed by atoms with E-state index >= 15 is 0 Å². The van der Waals surface area contributed by atoms with Gasteiger partial charge in [-0.3, -0.25) is 4.90 Å². The van der Waals surface area contributed by atoms with Gasteiger partial charge < -0.3 is 19.9 Å². The summed E-state index contributed by atoms with van der Waals surface area (Å²) in [6.45, 7) is 9.69. The predicted octanol–water partition coefficient (Wildman–Crippen LogP) is 1.92. The fraction of sp³-hybridized carbons (Fsp3) is 0.476. The van der Waals surface area contributed by atoms with Gasteiger partial charge in [0.1, 0.15) is 18.0 Å². The summed E-state index contributed by atoms with van der Waals surface area (Å²) >= 11 is 0. The average Bonchev–Trinajstić information content (AvgIpc) is 3.10. The lowest BCUT2D eigenvalue weighted by Gasteiger charge is -2.42. The van der Waals surface area contributed by atoms with Crippen LogP contribution >= 0.6 is 0 Å². The molecule has 3 aromatic rings. The van der Waals surface area contributed by atoms with Gasteiger partial charge in [-0.25, -0.2) is 15.0 Å². The largest absolute Gasteiger partial charge is 0.390 e. The van der Waals surface area contributed by atoms with Crippen molar-refractivity contribution in [1.29, 1.82) is 0 Å². The third-order valence-corrected chi connectivity index (χ3v) is 5.86. The average molecular weight is 396 g/mol. The second-order valence-electron chi connectivity index (χ2n) is 7.82. The lowest BCUT2D eigenvalue weighted by Crippen LogP contribution is -2.56. The second-order valence-corrected chi connectivity index (χ2v) is 7.82. The second kappa shape index (κ2) is 7.96. The number of hydrogen-bond acceptors (Lipinski definition) is 7. The zero-order chi connectivity index (χ0) is 20.5. The van der Waals surface area contributed by atoms with E-state index in [0.29, 0.717) is 5.82 Å². The van der Waals surface area contributed by atoms with Crippen molar-refractivity contribution in [2.45, 2.75) is 33.0 Å². The molecule has 2 N–H and O–H groups in total. The number of nitrogens with zero attached hydrogens (tertiary/aromatic N) is 6. The summed E-state index contributed by atoms with van der Waals surface area (Å²) in [7, 11) is 1.91. The Morgan fingerprint density at radius 3 is 2.55 bits per heavy atom. The molecule has 0 radical (unpaired) electrons. The molecule has 0 aliphatic carbocycles. The fourth-order valence-electron chi connectivity index (χ4n) is 4.03. The minimum atomic E-state index is -0.559. The number of hydrogen-bond donors (Lipinski definition) is 2. The molecule has 8 nitrogen and oxygen atoms in total. The smallest absolute Gasteiger partial charge is 0.165 e. The van der Waals surface area contributed by atoms with Crippen LogP contribution < -0.4 is 10.2 Å². The van der Waals surface area contributed by atoms with Crippen molar-refractivity contribution in [3.8, 4) is 0 Å². The van der Waals surface area contributed by atoms with Crippen molar-refractivity contribution in [2.75, 3.05) is 36.4 Å². The molecule has 0 spiro atoms. The Morgan fingerprint density at radius 2 is 1.83 bits per heavy atom. The Hall–Kier alpha value is -2.71. The monoisotopic (exact) mass is 395 g/mol. The molecular weight excluding hydrogens is 366 g/mol. The van der Waals surface area contributed by atoms with Gasteiger partial charge in [-0.2, -0.15) is 0 Å². The van der Waals surface area contributed by atoms with E-state index in [9.17, 15) is 5.11 Å². The molecule has 0 saturated carbocycles. The molecule has 0 bridgehead atoms. The van der Waals surface area contributed by atoms with E-state index in [-0.39, 0.29) is 6.17 Å². The molecule has 154 valence electrons. The number of imidazole rings is 1. The summed E-state index contributed by atoms with van der Waals surface area (Å²) in [6.07, 6.45) is 2.46. The van der Waals surface area contributed by atoms with Crippen molar-refractivity contribution in [2.24, 2.45) is 7.05 Å². The first kappa shape index (κ1) is 19.6. The number of piperazine rings is 1. The van der Waals surface area contributed by atoms with Crippen LogP contribution in [0.15, 0.2) is 30.9 Å². The van der Waals surface area contributed by atoms with Crippen molar-refractivity contribution in [3.63, 3.8) is 0 Å². The van der Waals surface area contributed by atoms with Crippen molar-refractivity contribution >= 4 is 22.7 Å². The third-order valence-electron chi connectivity index (χ3n) is 5.86. The maximum absolute atomic E-state index is 10.5. The fourth-order valence-corrected chi connectivity index (χ4v) is 4.03. The summed E-state index contributed by atoms with van der Waals surface area (Å²) < 4.78 is 1.86. The molecule has 2 unspecified atom stereocenters. The van der Waals surface area contributed by atoms with Crippen LogP contribution in [-0.4, -0.2) is 68.0 Å². The van der Waals surface area contributed by atoms with Crippen LogP contribution in [0.1, 0.15) is 18.1 Å². The highest BCUT2D eigenvalue weighted by Crippen LogP contribution is 2.25. The van der Waals surface area contributed by atoms with Gasteiger partial charge in [0, 0.05) is 38.9 Å². The number of aromatic nitrogens is 4. The maximum atomic E-state index is 10.5. The molecule has 8 heteroatoms. The van der Waals surface area contributed by atoms with E-state index in [0.717, 1.165) is 37.3 Å². The van der Waals surface area contributed by atoms with Gasteiger partial charge in [-0.05, 0) is 38.0 Å². The highest BCUT2D eigenvalue weighted by molar-refractivity contribution is 5.82. The van der Waals surface area contributed by atoms with Crippen LogP contribution in [0.5, 0.6) is 0 Å². The standard InChI is InChI=1S/C21H29N7O/c1-14-6-5-7-17(15(14)2)27-8-10-28(11-9-27)20(16(3)29)25-19-18-21(23-12-22-19)26(4)13-24-18/h5-7,12-13,16,20,29H,8-11H2,1-4H3,(H,22,23,25). The van der Waals surface area contributed by atoms with Gasteiger partial charge in [0.2, 0.25) is 0 Å². The van der Waals surface area contributed by atoms with Crippen LogP contribution in [0, 0.1) is 13.8 Å². The van der Waals surface area contributed by atoms with Crippen LogP contribution in [0.2, 0.25) is 0 Å².